The number of anilines is 2. The molecule has 1 atom stereocenters. The van der Waals surface area contributed by atoms with Gasteiger partial charge in [0.25, 0.3) is 0 Å². The van der Waals surface area contributed by atoms with Crippen LogP contribution in [0.3, 0.4) is 0 Å². The topological polar surface area (TPSA) is 67.4 Å². The van der Waals surface area contributed by atoms with Crippen molar-refractivity contribution in [3.63, 3.8) is 0 Å². The summed E-state index contributed by atoms with van der Waals surface area (Å²) in [6, 6.07) is 7.79. The summed E-state index contributed by atoms with van der Waals surface area (Å²) in [5, 5.41) is 3.47. The lowest BCUT2D eigenvalue weighted by atomic mass is 10.1. The zero-order chi connectivity index (χ0) is 14.4. The van der Waals surface area contributed by atoms with Gasteiger partial charge in [-0.25, -0.2) is 8.42 Å². The molecule has 0 saturated carbocycles. The largest absolute Gasteiger partial charge is 0.382 e. The molecule has 0 spiro atoms. The smallest absolute Gasteiger partial charge is 0.232 e. The van der Waals surface area contributed by atoms with Gasteiger partial charge in [0.05, 0.1) is 5.75 Å². The van der Waals surface area contributed by atoms with E-state index in [9.17, 15) is 8.42 Å². The number of hydrogen-bond acceptors (Lipinski definition) is 4. The number of nitrogens with one attached hydrogen (secondary N) is 2. The van der Waals surface area contributed by atoms with Gasteiger partial charge in [-0.05, 0) is 50.5 Å². The Morgan fingerprint density at radius 2 is 1.85 bits per heavy atom. The van der Waals surface area contributed by atoms with Crippen LogP contribution >= 0.6 is 0 Å². The number of benzene rings is 1. The molecule has 112 valence electrons. The van der Waals surface area contributed by atoms with Gasteiger partial charge in [-0.2, -0.15) is 0 Å². The normalized spacial score (nSPS) is 20.1. The van der Waals surface area contributed by atoms with E-state index >= 15 is 0 Å². The fourth-order valence-electron chi connectivity index (χ4n) is 2.17. The Morgan fingerprint density at radius 3 is 2.55 bits per heavy atom. The van der Waals surface area contributed by atoms with Crippen LogP contribution in [0, 0.1) is 0 Å². The van der Waals surface area contributed by atoms with E-state index in [0.29, 0.717) is 11.7 Å². The summed E-state index contributed by atoms with van der Waals surface area (Å²) in [6.07, 6.45) is 3.18. The SMILES string of the molecule is CCS(=O)(=O)Nc1ccc(NC2CCCOCC2)cc1. The van der Waals surface area contributed by atoms with E-state index < -0.39 is 10.0 Å². The van der Waals surface area contributed by atoms with Gasteiger partial charge in [-0.3, -0.25) is 4.72 Å². The Bertz CT molecular complexity index is 506. The number of sulfonamides is 1. The van der Waals surface area contributed by atoms with Crippen molar-refractivity contribution in [1.82, 2.24) is 0 Å². The minimum absolute atomic E-state index is 0.0784. The molecule has 1 aromatic rings. The molecule has 0 aliphatic carbocycles. The van der Waals surface area contributed by atoms with Crippen molar-refractivity contribution in [3.05, 3.63) is 24.3 Å². The lowest BCUT2D eigenvalue weighted by Gasteiger charge is -2.17. The maximum Gasteiger partial charge on any atom is 0.232 e. The molecule has 0 radical (unpaired) electrons. The monoisotopic (exact) mass is 298 g/mol. The first-order chi connectivity index (χ1) is 9.59. The van der Waals surface area contributed by atoms with Crippen molar-refractivity contribution in [2.45, 2.75) is 32.2 Å². The van der Waals surface area contributed by atoms with E-state index in [-0.39, 0.29) is 5.75 Å². The fourth-order valence-corrected chi connectivity index (χ4v) is 2.81. The molecule has 6 heteroatoms. The molecule has 0 aromatic heterocycles. The summed E-state index contributed by atoms with van der Waals surface area (Å²) in [5.41, 5.74) is 1.61. The molecule has 1 heterocycles. The van der Waals surface area contributed by atoms with Gasteiger partial charge in [-0.15, -0.1) is 0 Å². The summed E-state index contributed by atoms with van der Waals surface area (Å²) in [5.74, 6) is 0.0784. The minimum atomic E-state index is -3.20. The Labute approximate surface area is 120 Å². The third kappa shape index (κ3) is 4.68. The maximum atomic E-state index is 11.5. The molecule has 2 N–H and O–H groups in total. The lowest BCUT2D eigenvalue weighted by molar-refractivity contribution is 0.144. The summed E-state index contributed by atoms with van der Waals surface area (Å²) < 4.78 is 30.9. The van der Waals surface area contributed by atoms with Gasteiger partial charge in [0.2, 0.25) is 10.0 Å². The van der Waals surface area contributed by atoms with Gasteiger partial charge >= 0.3 is 0 Å². The van der Waals surface area contributed by atoms with E-state index in [4.69, 9.17) is 4.74 Å². The molecule has 1 aromatic carbocycles. The van der Waals surface area contributed by atoms with Crippen LogP contribution in [0.2, 0.25) is 0 Å². The van der Waals surface area contributed by atoms with Crippen molar-refractivity contribution in [2.24, 2.45) is 0 Å². The molecule has 1 aliphatic heterocycles. The maximum absolute atomic E-state index is 11.5. The molecule has 1 aliphatic rings. The second kappa shape index (κ2) is 6.95. The average molecular weight is 298 g/mol. The van der Waals surface area contributed by atoms with Crippen LogP contribution < -0.4 is 10.0 Å². The molecule has 0 amide bonds. The van der Waals surface area contributed by atoms with Crippen molar-refractivity contribution in [2.75, 3.05) is 29.0 Å². The van der Waals surface area contributed by atoms with Gasteiger partial charge in [0.15, 0.2) is 0 Å². The fraction of sp³-hybridized carbons (Fsp3) is 0.571. The molecule has 2 rings (SSSR count). The van der Waals surface area contributed by atoms with Crippen LogP contribution in [0.1, 0.15) is 26.2 Å². The van der Waals surface area contributed by atoms with Crippen LogP contribution in [-0.4, -0.2) is 33.4 Å². The van der Waals surface area contributed by atoms with Crippen LogP contribution in [0.4, 0.5) is 11.4 Å². The number of hydrogen-bond donors (Lipinski definition) is 2. The zero-order valence-corrected chi connectivity index (χ0v) is 12.6. The van der Waals surface area contributed by atoms with Gasteiger partial charge < -0.3 is 10.1 Å². The van der Waals surface area contributed by atoms with Gasteiger partial charge in [0.1, 0.15) is 0 Å². The van der Waals surface area contributed by atoms with Gasteiger partial charge in [0, 0.05) is 30.6 Å². The molecule has 5 nitrogen and oxygen atoms in total. The second-order valence-corrected chi connectivity index (χ2v) is 6.98. The van der Waals surface area contributed by atoms with Crippen LogP contribution in [0.25, 0.3) is 0 Å². The van der Waals surface area contributed by atoms with Crippen molar-refractivity contribution >= 4 is 21.4 Å². The zero-order valence-electron chi connectivity index (χ0n) is 11.8. The molecule has 1 fully saturated rings. The molecule has 1 unspecified atom stereocenters. The van der Waals surface area contributed by atoms with Gasteiger partial charge in [-0.1, -0.05) is 0 Å². The van der Waals surface area contributed by atoms with Crippen LogP contribution in [0.15, 0.2) is 24.3 Å². The molecular formula is C14H22N2O3S. The quantitative estimate of drug-likeness (QED) is 0.876. The highest BCUT2D eigenvalue weighted by Crippen LogP contribution is 2.18. The van der Waals surface area contributed by atoms with E-state index in [1.165, 1.54) is 0 Å². The van der Waals surface area contributed by atoms with Crippen molar-refractivity contribution < 1.29 is 13.2 Å². The van der Waals surface area contributed by atoms with E-state index in [0.717, 1.165) is 38.2 Å². The Morgan fingerprint density at radius 1 is 1.15 bits per heavy atom. The summed E-state index contributed by atoms with van der Waals surface area (Å²) in [6.45, 7) is 3.26. The third-order valence-corrected chi connectivity index (χ3v) is 4.67. The first-order valence-electron chi connectivity index (χ1n) is 7.04. The molecular weight excluding hydrogens is 276 g/mol. The number of rotatable bonds is 5. The average Bonchev–Trinajstić information content (AvgIpc) is 2.69. The highest BCUT2D eigenvalue weighted by Gasteiger charge is 2.12. The first kappa shape index (κ1) is 15.1. The van der Waals surface area contributed by atoms with Crippen LogP contribution in [-0.2, 0) is 14.8 Å². The highest BCUT2D eigenvalue weighted by atomic mass is 32.2. The summed E-state index contributed by atoms with van der Waals surface area (Å²) in [7, 11) is -3.20. The van der Waals surface area contributed by atoms with Crippen molar-refractivity contribution in [1.29, 1.82) is 0 Å². The van der Waals surface area contributed by atoms with E-state index in [1.54, 1.807) is 19.1 Å². The number of ether oxygens (including phenoxy) is 1. The molecule has 0 bridgehead atoms. The Kier molecular flexibility index (Phi) is 5.25. The highest BCUT2D eigenvalue weighted by molar-refractivity contribution is 7.92. The lowest BCUT2D eigenvalue weighted by Crippen LogP contribution is -2.19. The predicted molar refractivity (Wildman–Crippen MR) is 81.6 cm³/mol. The summed E-state index contributed by atoms with van der Waals surface area (Å²) in [4.78, 5) is 0. The standard InChI is InChI=1S/C14H22N2O3S/c1-2-20(17,18)16-14-7-5-13(6-8-14)15-12-4-3-10-19-11-9-12/h5-8,12,15-16H,2-4,9-11H2,1H3. The van der Waals surface area contributed by atoms with Crippen molar-refractivity contribution in [3.8, 4) is 0 Å². The first-order valence-corrected chi connectivity index (χ1v) is 8.69. The second-order valence-electron chi connectivity index (χ2n) is 4.97. The summed E-state index contributed by atoms with van der Waals surface area (Å²) >= 11 is 0. The predicted octanol–water partition coefficient (Wildman–Crippen LogP) is 2.43. The molecule has 20 heavy (non-hydrogen) atoms. The Hall–Kier alpha value is -1.27. The third-order valence-electron chi connectivity index (χ3n) is 3.36. The molecule has 1 saturated heterocycles. The van der Waals surface area contributed by atoms with E-state index in [1.807, 2.05) is 12.1 Å². The van der Waals surface area contributed by atoms with Crippen LogP contribution in [0.5, 0.6) is 0 Å². The van der Waals surface area contributed by atoms with E-state index in [2.05, 4.69) is 10.0 Å². The Balaban J connectivity index is 1.94. The minimum Gasteiger partial charge on any atom is -0.382 e.